The van der Waals surface area contributed by atoms with Crippen LogP contribution in [0.2, 0.25) is 0 Å². The minimum atomic E-state index is 0.0268. The van der Waals surface area contributed by atoms with Crippen LogP contribution < -0.4 is 5.32 Å². The van der Waals surface area contributed by atoms with E-state index in [1.54, 1.807) is 0 Å². The van der Waals surface area contributed by atoms with Crippen molar-refractivity contribution in [3.8, 4) is 0 Å². The van der Waals surface area contributed by atoms with Gasteiger partial charge in [-0.3, -0.25) is 14.6 Å². The van der Waals surface area contributed by atoms with E-state index in [1.165, 1.54) is 0 Å². The van der Waals surface area contributed by atoms with E-state index >= 15 is 0 Å². The topological polar surface area (TPSA) is 74.5 Å². The van der Waals surface area contributed by atoms with Crippen LogP contribution in [0.1, 0.15) is 31.5 Å². The molecule has 3 rings (SSSR count). The Morgan fingerprint density at radius 2 is 2.00 bits per heavy atom. The van der Waals surface area contributed by atoms with Gasteiger partial charge in [-0.2, -0.15) is 4.98 Å². The molecule has 1 aromatic carbocycles. The molecule has 1 fully saturated rings. The molecule has 0 radical (unpaired) electrons. The fraction of sp³-hybridized carbons (Fsp3) is 0.500. The third-order valence-electron chi connectivity index (χ3n) is 4.30. The number of hydrogen-bond donors (Lipinski definition) is 1. The van der Waals surface area contributed by atoms with E-state index in [4.69, 9.17) is 4.52 Å². The largest absolute Gasteiger partial charge is 0.338 e. The van der Waals surface area contributed by atoms with E-state index in [-0.39, 0.29) is 11.8 Å². The summed E-state index contributed by atoms with van der Waals surface area (Å²) in [7, 11) is 0. The van der Waals surface area contributed by atoms with E-state index in [0.717, 1.165) is 41.3 Å². The molecule has 7 nitrogen and oxygen atoms in total. The van der Waals surface area contributed by atoms with Crippen LogP contribution >= 0.6 is 22.6 Å². The number of carbonyl (C=O) groups excluding carboxylic acids is 1. The van der Waals surface area contributed by atoms with Crippen LogP contribution in [-0.2, 0) is 11.3 Å². The van der Waals surface area contributed by atoms with Crippen molar-refractivity contribution in [3.05, 3.63) is 39.6 Å². The monoisotopic (exact) mass is 469 g/mol. The molecule has 26 heavy (non-hydrogen) atoms. The fourth-order valence-corrected chi connectivity index (χ4v) is 3.38. The molecular formula is C18H24IN5O2. The lowest BCUT2D eigenvalue weighted by Crippen LogP contribution is -2.48. The molecule has 1 amide bonds. The van der Waals surface area contributed by atoms with Crippen molar-refractivity contribution in [2.45, 2.75) is 26.3 Å². The summed E-state index contributed by atoms with van der Waals surface area (Å²) in [5, 5.41) is 6.97. The first-order valence-electron chi connectivity index (χ1n) is 8.82. The van der Waals surface area contributed by atoms with Gasteiger partial charge in [0.1, 0.15) is 0 Å². The Morgan fingerprint density at radius 3 is 2.65 bits per heavy atom. The summed E-state index contributed by atoms with van der Waals surface area (Å²) in [4.78, 5) is 21.1. The predicted octanol–water partition coefficient (Wildman–Crippen LogP) is 2.55. The summed E-state index contributed by atoms with van der Waals surface area (Å²) in [5.41, 5.74) is 0.845. The first-order chi connectivity index (χ1) is 12.5. The maximum Gasteiger partial charge on any atom is 0.240 e. The number of halogens is 1. The molecule has 1 aliphatic heterocycles. The van der Waals surface area contributed by atoms with Gasteiger partial charge >= 0.3 is 0 Å². The van der Waals surface area contributed by atoms with Crippen LogP contribution in [0.4, 0.5) is 5.69 Å². The number of piperazine rings is 1. The van der Waals surface area contributed by atoms with Gasteiger partial charge in [0.15, 0.2) is 5.82 Å². The fourth-order valence-electron chi connectivity index (χ4n) is 2.83. The van der Waals surface area contributed by atoms with E-state index < -0.39 is 0 Å². The highest BCUT2D eigenvalue weighted by Gasteiger charge is 2.21. The lowest BCUT2D eigenvalue weighted by atomic mass is 10.2. The third kappa shape index (κ3) is 5.49. The van der Waals surface area contributed by atoms with E-state index in [0.29, 0.717) is 19.0 Å². The lowest BCUT2D eigenvalue weighted by Gasteiger charge is -2.33. The van der Waals surface area contributed by atoms with Crippen molar-refractivity contribution < 1.29 is 9.32 Å². The summed E-state index contributed by atoms with van der Waals surface area (Å²) >= 11 is 2.24. The Balaban J connectivity index is 1.42. The summed E-state index contributed by atoms with van der Waals surface area (Å²) < 4.78 is 6.42. The number of carbonyl (C=O) groups is 1. The van der Waals surface area contributed by atoms with Crippen molar-refractivity contribution in [2.75, 3.05) is 38.0 Å². The summed E-state index contributed by atoms with van der Waals surface area (Å²) in [6.45, 7) is 8.66. The zero-order valence-corrected chi connectivity index (χ0v) is 17.3. The number of hydrogen-bond acceptors (Lipinski definition) is 6. The Labute approximate surface area is 167 Å². The Hall–Kier alpha value is -1.52. The Morgan fingerprint density at radius 1 is 1.27 bits per heavy atom. The molecule has 1 saturated heterocycles. The lowest BCUT2D eigenvalue weighted by molar-refractivity contribution is -0.117. The maximum atomic E-state index is 12.2. The minimum Gasteiger partial charge on any atom is -0.338 e. The molecule has 1 aromatic heterocycles. The second-order valence-electron chi connectivity index (χ2n) is 6.81. The van der Waals surface area contributed by atoms with Crippen molar-refractivity contribution in [1.82, 2.24) is 19.9 Å². The van der Waals surface area contributed by atoms with Gasteiger partial charge < -0.3 is 9.84 Å². The number of anilines is 1. The van der Waals surface area contributed by atoms with Crippen LogP contribution in [0.5, 0.6) is 0 Å². The molecule has 0 saturated carbocycles. The average molecular weight is 469 g/mol. The summed E-state index contributed by atoms with van der Waals surface area (Å²) in [6, 6.07) is 7.82. The first kappa shape index (κ1) is 19.2. The Kier molecular flexibility index (Phi) is 6.60. The molecule has 0 bridgehead atoms. The second kappa shape index (κ2) is 8.92. The quantitative estimate of drug-likeness (QED) is 0.656. The molecule has 140 valence electrons. The predicted molar refractivity (Wildman–Crippen MR) is 108 cm³/mol. The maximum absolute atomic E-state index is 12.2. The van der Waals surface area contributed by atoms with E-state index in [9.17, 15) is 4.79 Å². The summed E-state index contributed by atoms with van der Waals surface area (Å²) in [5.74, 6) is 1.72. The van der Waals surface area contributed by atoms with Gasteiger partial charge in [0, 0.05) is 41.4 Å². The van der Waals surface area contributed by atoms with Crippen LogP contribution in [0.3, 0.4) is 0 Å². The smallest absolute Gasteiger partial charge is 0.240 e. The number of amides is 1. The van der Waals surface area contributed by atoms with Crippen molar-refractivity contribution in [2.24, 2.45) is 0 Å². The molecule has 1 aliphatic rings. The van der Waals surface area contributed by atoms with Gasteiger partial charge in [-0.25, -0.2) is 0 Å². The standard InChI is InChI=1S/C18H24IN5O2/c1-13(2)18-21-17(26-22-18)12-24-8-6-23(7-9-24)11-16(25)20-15-5-3-4-14(19)10-15/h3-5,10,13H,6-9,11-12H2,1-2H3,(H,20,25). The molecule has 0 spiro atoms. The number of aromatic nitrogens is 2. The van der Waals surface area contributed by atoms with Crippen LogP contribution in [0.25, 0.3) is 0 Å². The molecule has 2 heterocycles. The molecule has 0 unspecified atom stereocenters. The normalized spacial score (nSPS) is 16.2. The highest BCUT2D eigenvalue weighted by atomic mass is 127. The van der Waals surface area contributed by atoms with Gasteiger partial charge in [-0.15, -0.1) is 0 Å². The van der Waals surface area contributed by atoms with Gasteiger partial charge in [-0.05, 0) is 40.8 Å². The molecule has 0 aliphatic carbocycles. The molecule has 8 heteroatoms. The van der Waals surface area contributed by atoms with E-state index in [2.05, 4.69) is 61.7 Å². The van der Waals surface area contributed by atoms with Gasteiger partial charge in [0.05, 0.1) is 13.1 Å². The molecule has 0 atom stereocenters. The molecule has 1 N–H and O–H groups in total. The highest BCUT2D eigenvalue weighted by Crippen LogP contribution is 2.14. The second-order valence-corrected chi connectivity index (χ2v) is 8.06. The van der Waals surface area contributed by atoms with Crippen molar-refractivity contribution in [3.63, 3.8) is 0 Å². The highest BCUT2D eigenvalue weighted by molar-refractivity contribution is 14.1. The van der Waals surface area contributed by atoms with Crippen molar-refractivity contribution in [1.29, 1.82) is 0 Å². The van der Waals surface area contributed by atoms with Crippen LogP contribution in [-0.4, -0.2) is 58.6 Å². The van der Waals surface area contributed by atoms with Gasteiger partial charge in [0.2, 0.25) is 11.8 Å². The number of nitrogens with zero attached hydrogens (tertiary/aromatic N) is 4. The SMILES string of the molecule is CC(C)c1noc(CN2CCN(CC(=O)Nc3cccc(I)c3)CC2)n1. The van der Waals surface area contributed by atoms with Crippen molar-refractivity contribution >= 4 is 34.2 Å². The minimum absolute atomic E-state index is 0.0268. The zero-order valence-electron chi connectivity index (χ0n) is 15.1. The van der Waals surface area contributed by atoms with Gasteiger partial charge in [0.25, 0.3) is 0 Å². The first-order valence-corrected chi connectivity index (χ1v) is 9.90. The number of rotatable bonds is 6. The number of nitrogens with one attached hydrogen (secondary N) is 1. The molecular weight excluding hydrogens is 445 g/mol. The van der Waals surface area contributed by atoms with Crippen LogP contribution in [0.15, 0.2) is 28.8 Å². The van der Waals surface area contributed by atoms with Crippen LogP contribution in [0, 0.1) is 3.57 Å². The molecule has 2 aromatic rings. The number of benzene rings is 1. The Bertz CT molecular complexity index is 741. The average Bonchev–Trinajstić information content (AvgIpc) is 3.05. The van der Waals surface area contributed by atoms with E-state index in [1.807, 2.05) is 24.3 Å². The summed E-state index contributed by atoms with van der Waals surface area (Å²) in [6.07, 6.45) is 0. The zero-order chi connectivity index (χ0) is 18.5. The third-order valence-corrected chi connectivity index (χ3v) is 4.97. The van der Waals surface area contributed by atoms with Gasteiger partial charge in [-0.1, -0.05) is 25.1 Å².